The molecule has 0 unspecified atom stereocenters. The van der Waals surface area contributed by atoms with Crippen LogP contribution in [0.5, 0.6) is 0 Å². The number of nitrogens with zero attached hydrogens (tertiary/aromatic N) is 3. The molecule has 1 aromatic carbocycles. The third-order valence-electron chi connectivity index (χ3n) is 3.83. The number of ether oxygens (including phenoxy) is 1. The molecule has 1 aliphatic heterocycles. The van der Waals surface area contributed by atoms with Crippen LogP contribution in [-0.4, -0.2) is 40.7 Å². The summed E-state index contributed by atoms with van der Waals surface area (Å²) in [6, 6.07) is 4.22. The standard InChI is InChI=1S/C15H16ClFN4O2/c1-9-14(15(22)18-7-10-4-5-23-8-10)19-20-21(9)11-2-3-13(17)12(16)6-11/h2-3,6,10H,4-5,7-8H2,1H3,(H,18,22)/t10-/m0/s1. The highest BCUT2D eigenvalue weighted by atomic mass is 35.5. The van der Waals surface area contributed by atoms with E-state index in [1.54, 1.807) is 6.92 Å². The number of carbonyl (C=O) groups is 1. The molecule has 1 atom stereocenters. The lowest BCUT2D eigenvalue weighted by Gasteiger charge is -2.08. The second-order valence-electron chi connectivity index (χ2n) is 5.47. The molecule has 8 heteroatoms. The number of rotatable bonds is 4. The predicted molar refractivity (Wildman–Crippen MR) is 82.3 cm³/mol. The van der Waals surface area contributed by atoms with Crippen LogP contribution in [0.2, 0.25) is 5.02 Å². The van der Waals surface area contributed by atoms with Gasteiger partial charge >= 0.3 is 0 Å². The van der Waals surface area contributed by atoms with Crippen LogP contribution in [0, 0.1) is 18.7 Å². The van der Waals surface area contributed by atoms with Crippen LogP contribution in [0.3, 0.4) is 0 Å². The molecule has 6 nitrogen and oxygen atoms in total. The molecule has 0 spiro atoms. The summed E-state index contributed by atoms with van der Waals surface area (Å²) in [5, 5.41) is 10.7. The SMILES string of the molecule is Cc1c(C(=O)NC[C@@H]2CCOC2)nnn1-c1ccc(F)c(Cl)c1. The average Bonchev–Trinajstić information content (AvgIpc) is 3.17. The van der Waals surface area contributed by atoms with Crippen molar-refractivity contribution in [2.75, 3.05) is 19.8 Å². The number of amides is 1. The number of carbonyl (C=O) groups excluding carboxylic acids is 1. The molecule has 23 heavy (non-hydrogen) atoms. The first-order valence-corrected chi connectivity index (χ1v) is 7.67. The van der Waals surface area contributed by atoms with Crippen molar-refractivity contribution in [3.63, 3.8) is 0 Å². The normalized spacial score (nSPS) is 17.4. The van der Waals surface area contributed by atoms with Crippen molar-refractivity contribution in [3.05, 3.63) is 40.4 Å². The van der Waals surface area contributed by atoms with Gasteiger partial charge in [0.2, 0.25) is 0 Å². The molecule has 3 rings (SSSR count). The van der Waals surface area contributed by atoms with Gasteiger partial charge in [0.25, 0.3) is 5.91 Å². The molecule has 0 saturated carbocycles. The van der Waals surface area contributed by atoms with Gasteiger partial charge in [-0.1, -0.05) is 16.8 Å². The van der Waals surface area contributed by atoms with E-state index in [1.807, 2.05) is 0 Å². The van der Waals surface area contributed by atoms with Crippen molar-refractivity contribution in [1.29, 1.82) is 0 Å². The number of nitrogens with one attached hydrogen (secondary N) is 1. The first-order valence-electron chi connectivity index (χ1n) is 7.30. The lowest BCUT2D eigenvalue weighted by molar-refractivity contribution is 0.0939. The first kappa shape index (κ1) is 15.9. The fourth-order valence-electron chi connectivity index (χ4n) is 2.47. The lowest BCUT2D eigenvalue weighted by Crippen LogP contribution is -2.30. The molecule has 2 aromatic rings. The number of hydrogen-bond acceptors (Lipinski definition) is 4. The highest BCUT2D eigenvalue weighted by Crippen LogP contribution is 2.20. The third-order valence-corrected chi connectivity index (χ3v) is 4.12. The van der Waals surface area contributed by atoms with Crippen molar-refractivity contribution in [2.45, 2.75) is 13.3 Å². The Balaban J connectivity index is 1.75. The van der Waals surface area contributed by atoms with E-state index in [9.17, 15) is 9.18 Å². The highest BCUT2D eigenvalue weighted by Gasteiger charge is 2.20. The van der Waals surface area contributed by atoms with Crippen molar-refractivity contribution >= 4 is 17.5 Å². The van der Waals surface area contributed by atoms with Gasteiger partial charge in [-0.3, -0.25) is 4.79 Å². The van der Waals surface area contributed by atoms with E-state index in [1.165, 1.54) is 22.9 Å². The zero-order valence-electron chi connectivity index (χ0n) is 12.6. The number of benzene rings is 1. The summed E-state index contributed by atoms with van der Waals surface area (Å²) in [4.78, 5) is 12.2. The third kappa shape index (κ3) is 3.35. The Morgan fingerprint density at radius 1 is 1.57 bits per heavy atom. The Morgan fingerprint density at radius 3 is 3.09 bits per heavy atom. The van der Waals surface area contributed by atoms with Crippen LogP contribution < -0.4 is 5.32 Å². The van der Waals surface area contributed by atoms with Crippen LogP contribution in [0.1, 0.15) is 22.6 Å². The first-order chi connectivity index (χ1) is 11.1. The van der Waals surface area contributed by atoms with Gasteiger partial charge < -0.3 is 10.1 Å². The topological polar surface area (TPSA) is 69.0 Å². The Kier molecular flexibility index (Phi) is 4.58. The summed E-state index contributed by atoms with van der Waals surface area (Å²) < 4.78 is 20.0. The molecule has 2 heterocycles. The molecule has 0 radical (unpaired) electrons. The minimum Gasteiger partial charge on any atom is -0.381 e. The van der Waals surface area contributed by atoms with Gasteiger partial charge in [0.05, 0.1) is 23.0 Å². The molecule has 0 bridgehead atoms. The minimum absolute atomic E-state index is 0.00960. The number of aromatic nitrogens is 3. The quantitative estimate of drug-likeness (QED) is 0.927. The Morgan fingerprint density at radius 2 is 2.39 bits per heavy atom. The average molecular weight is 339 g/mol. The summed E-state index contributed by atoms with van der Waals surface area (Å²) in [5.41, 5.74) is 1.35. The monoisotopic (exact) mass is 338 g/mol. The van der Waals surface area contributed by atoms with E-state index in [-0.39, 0.29) is 16.6 Å². The smallest absolute Gasteiger partial charge is 0.273 e. The maximum absolute atomic E-state index is 13.2. The Hall–Kier alpha value is -1.99. The highest BCUT2D eigenvalue weighted by molar-refractivity contribution is 6.30. The second-order valence-corrected chi connectivity index (χ2v) is 5.88. The fourth-order valence-corrected chi connectivity index (χ4v) is 2.64. The number of halogens is 2. The molecule has 1 aromatic heterocycles. The molecule has 1 N–H and O–H groups in total. The molecule has 1 amide bonds. The van der Waals surface area contributed by atoms with Crippen molar-refractivity contribution in [3.8, 4) is 5.69 Å². The Bertz CT molecular complexity index is 728. The van der Waals surface area contributed by atoms with E-state index < -0.39 is 5.82 Å². The molecular weight excluding hydrogens is 323 g/mol. The van der Waals surface area contributed by atoms with E-state index >= 15 is 0 Å². The largest absolute Gasteiger partial charge is 0.381 e. The molecule has 1 aliphatic rings. The molecule has 1 saturated heterocycles. The van der Waals surface area contributed by atoms with Crippen LogP contribution >= 0.6 is 11.6 Å². The summed E-state index contributed by atoms with van der Waals surface area (Å²) in [7, 11) is 0. The van der Waals surface area contributed by atoms with E-state index in [4.69, 9.17) is 16.3 Å². The van der Waals surface area contributed by atoms with Gasteiger partial charge in [0, 0.05) is 19.1 Å². The van der Waals surface area contributed by atoms with Crippen LogP contribution in [0.25, 0.3) is 5.69 Å². The van der Waals surface area contributed by atoms with Crippen LogP contribution in [0.15, 0.2) is 18.2 Å². The summed E-state index contributed by atoms with van der Waals surface area (Å²) in [6.45, 7) is 3.68. The minimum atomic E-state index is -0.509. The van der Waals surface area contributed by atoms with Crippen molar-refractivity contribution < 1.29 is 13.9 Å². The zero-order valence-corrected chi connectivity index (χ0v) is 13.3. The van der Waals surface area contributed by atoms with E-state index in [0.717, 1.165) is 13.0 Å². The maximum atomic E-state index is 13.2. The lowest BCUT2D eigenvalue weighted by atomic mass is 10.1. The summed E-state index contributed by atoms with van der Waals surface area (Å²) >= 11 is 5.78. The summed E-state index contributed by atoms with van der Waals surface area (Å²) in [5.74, 6) is -0.455. The fraction of sp³-hybridized carbons (Fsp3) is 0.400. The molecule has 122 valence electrons. The van der Waals surface area contributed by atoms with Crippen molar-refractivity contribution in [1.82, 2.24) is 20.3 Å². The molecule has 1 fully saturated rings. The van der Waals surface area contributed by atoms with Crippen LogP contribution in [0.4, 0.5) is 4.39 Å². The van der Waals surface area contributed by atoms with Gasteiger partial charge in [-0.15, -0.1) is 5.10 Å². The van der Waals surface area contributed by atoms with E-state index in [2.05, 4.69) is 15.6 Å². The zero-order chi connectivity index (χ0) is 16.4. The maximum Gasteiger partial charge on any atom is 0.273 e. The van der Waals surface area contributed by atoms with Gasteiger partial charge in [-0.05, 0) is 31.5 Å². The second kappa shape index (κ2) is 6.64. The van der Waals surface area contributed by atoms with Crippen LogP contribution in [-0.2, 0) is 4.74 Å². The van der Waals surface area contributed by atoms with Gasteiger partial charge in [0.15, 0.2) is 5.69 Å². The van der Waals surface area contributed by atoms with Gasteiger partial charge in [-0.25, -0.2) is 9.07 Å². The molecule has 0 aliphatic carbocycles. The van der Waals surface area contributed by atoms with Gasteiger partial charge in [0.1, 0.15) is 5.82 Å². The number of hydrogen-bond donors (Lipinski definition) is 1. The summed E-state index contributed by atoms with van der Waals surface area (Å²) in [6.07, 6.45) is 0.944. The Labute approximate surface area is 137 Å². The van der Waals surface area contributed by atoms with Crippen molar-refractivity contribution in [2.24, 2.45) is 5.92 Å². The molecular formula is C15H16ClFN4O2. The van der Waals surface area contributed by atoms with E-state index in [0.29, 0.717) is 30.5 Å². The van der Waals surface area contributed by atoms with Gasteiger partial charge in [-0.2, -0.15) is 0 Å². The predicted octanol–water partition coefficient (Wildman–Crippen LogP) is 2.13.